The summed E-state index contributed by atoms with van der Waals surface area (Å²) in [5.74, 6) is -1.34. The van der Waals surface area contributed by atoms with E-state index in [1.165, 1.54) is 0 Å². The van der Waals surface area contributed by atoms with Crippen LogP contribution < -0.4 is 11.1 Å². The first kappa shape index (κ1) is 16.7. The third-order valence-corrected chi connectivity index (χ3v) is 2.89. The average Bonchev–Trinajstić information content (AvgIpc) is 2.25. The molecule has 0 aromatic heterocycles. The van der Waals surface area contributed by atoms with Crippen molar-refractivity contribution in [2.75, 3.05) is 7.05 Å². The molecule has 0 fully saturated rings. The fourth-order valence-electron chi connectivity index (χ4n) is 2.02. The van der Waals surface area contributed by atoms with Crippen molar-refractivity contribution in [1.29, 1.82) is 0 Å². The highest BCUT2D eigenvalue weighted by Gasteiger charge is 2.34. The maximum atomic E-state index is 12.0. The molecule has 0 aromatic carbocycles. The number of carbonyl (C=O) groups is 2. The first-order chi connectivity index (χ1) is 8.22. The number of allylic oxidation sites excluding steroid dienone is 2. The van der Waals surface area contributed by atoms with E-state index in [1.54, 1.807) is 7.05 Å². The highest BCUT2D eigenvalue weighted by atomic mass is 16.2. The van der Waals surface area contributed by atoms with Crippen LogP contribution in [0.25, 0.3) is 0 Å². The van der Waals surface area contributed by atoms with Gasteiger partial charge in [-0.05, 0) is 25.2 Å². The van der Waals surface area contributed by atoms with Crippen molar-refractivity contribution in [3.05, 3.63) is 12.2 Å². The van der Waals surface area contributed by atoms with Crippen LogP contribution in [0.3, 0.4) is 0 Å². The van der Waals surface area contributed by atoms with Gasteiger partial charge >= 0.3 is 0 Å². The Labute approximate surface area is 110 Å². The van der Waals surface area contributed by atoms with E-state index in [-0.39, 0.29) is 17.2 Å². The van der Waals surface area contributed by atoms with Gasteiger partial charge in [0.1, 0.15) is 0 Å². The lowest BCUT2D eigenvalue weighted by atomic mass is 9.76. The lowest BCUT2D eigenvalue weighted by Gasteiger charge is -2.29. The third kappa shape index (κ3) is 5.84. The van der Waals surface area contributed by atoms with Gasteiger partial charge in [0.2, 0.25) is 11.8 Å². The summed E-state index contributed by atoms with van der Waals surface area (Å²) in [4.78, 5) is 23.5. The summed E-state index contributed by atoms with van der Waals surface area (Å²) >= 11 is 0. The molecule has 0 saturated carbocycles. The minimum absolute atomic E-state index is 0.0270. The molecule has 2 unspecified atom stereocenters. The van der Waals surface area contributed by atoms with Crippen molar-refractivity contribution < 1.29 is 9.59 Å². The van der Waals surface area contributed by atoms with Crippen LogP contribution in [0.4, 0.5) is 0 Å². The van der Waals surface area contributed by atoms with Crippen molar-refractivity contribution >= 4 is 11.8 Å². The number of nitrogens with two attached hydrogens (primary N) is 1. The molecule has 0 bridgehead atoms. The number of primary amides is 1. The van der Waals surface area contributed by atoms with Gasteiger partial charge in [-0.15, -0.1) is 0 Å². The fraction of sp³-hybridized carbons (Fsp3) is 0.714. The Morgan fingerprint density at radius 3 is 2.17 bits per heavy atom. The van der Waals surface area contributed by atoms with Crippen LogP contribution in [0.2, 0.25) is 0 Å². The highest BCUT2D eigenvalue weighted by Crippen LogP contribution is 2.31. The van der Waals surface area contributed by atoms with Gasteiger partial charge in [-0.25, -0.2) is 0 Å². The number of nitrogens with one attached hydrogen (secondary N) is 1. The monoisotopic (exact) mass is 254 g/mol. The molecule has 104 valence electrons. The maximum Gasteiger partial charge on any atom is 0.223 e. The molecule has 4 heteroatoms. The van der Waals surface area contributed by atoms with Crippen molar-refractivity contribution in [3.8, 4) is 0 Å². The second-order valence-corrected chi connectivity index (χ2v) is 5.80. The van der Waals surface area contributed by atoms with Crippen LogP contribution in [0.15, 0.2) is 12.2 Å². The van der Waals surface area contributed by atoms with E-state index in [1.807, 2.05) is 19.1 Å². The first-order valence-corrected chi connectivity index (χ1v) is 6.35. The maximum absolute atomic E-state index is 12.0. The van der Waals surface area contributed by atoms with Gasteiger partial charge < -0.3 is 11.1 Å². The van der Waals surface area contributed by atoms with E-state index < -0.39 is 11.8 Å². The Balaban J connectivity index is 5.10. The van der Waals surface area contributed by atoms with E-state index in [0.29, 0.717) is 12.8 Å². The molecule has 0 heterocycles. The third-order valence-electron chi connectivity index (χ3n) is 2.89. The minimum Gasteiger partial charge on any atom is -0.369 e. The minimum atomic E-state index is -0.444. The summed E-state index contributed by atoms with van der Waals surface area (Å²) in [5, 5.41) is 2.63. The topological polar surface area (TPSA) is 72.2 Å². The Hall–Kier alpha value is -1.32. The first-order valence-electron chi connectivity index (χ1n) is 6.35. The van der Waals surface area contributed by atoms with Crippen LogP contribution in [0, 0.1) is 17.3 Å². The van der Waals surface area contributed by atoms with Crippen LogP contribution in [-0.2, 0) is 9.59 Å². The Kier molecular flexibility index (Phi) is 6.66. The number of hydrogen-bond donors (Lipinski definition) is 2. The molecule has 0 aliphatic carbocycles. The van der Waals surface area contributed by atoms with Crippen LogP contribution >= 0.6 is 0 Å². The molecule has 18 heavy (non-hydrogen) atoms. The van der Waals surface area contributed by atoms with Crippen molar-refractivity contribution in [1.82, 2.24) is 5.32 Å². The fourth-order valence-corrected chi connectivity index (χ4v) is 2.02. The lowest BCUT2D eigenvalue weighted by molar-refractivity contribution is -0.134. The van der Waals surface area contributed by atoms with Crippen molar-refractivity contribution in [2.24, 2.45) is 23.0 Å². The summed E-state index contributed by atoms with van der Waals surface area (Å²) in [5.41, 5.74) is 5.41. The summed E-state index contributed by atoms with van der Waals surface area (Å²) in [7, 11) is 1.59. The van der Waals surface area contributed by atoms with Gasteiger partial charge in [-0.3, -0.25) is 9.59 Å². The molecule has 0 radical (unpaired) electrons. The lowest BCUT2D eigenvalue weighted by Crippen LogP contribution is -2.40. The van der Waals surface area contributed by atoms with Crippen LogP contribution in [0.5, 0.6) is 0 Å². The molecule has 0 rings (SSSR count). The van der Waals surface area contributed by atoms with Gasteiger partial charge in [-0.1, -0.05) is 32.9 Å². The molecule has 2 atom stereocenters. The molecule has 0 saturated heterocycles. The Morgan fingerprint density at radius 1 is 1.28 bits per heavy atom. The van der Waals surface area contributed by atoms with Crippen molar-refractivity contribution in [2.45, 2.75) is 40.5 Å². The van der Waals surface area contributed by atoms with Crippen LogP contribution in [0.1, 0.15) is 40.5 Å². The molecule has 0 aliphatic rings. The Bertz CT molecular complexity index is 316. The molecular weight excluding hydrogens is 228 g/mol. The van der Waals surface area contributed by atoms with E-state index in [4.69, 9.17) is 5.73 Å². The molecule has 0 spiro atoms. The average molecular weight is 254 g/mol. The molecule has 3 N–H and O–H groups in total. The number of amides is 2. The molecule has 2 amide bonds. The zero-order chi connectivity index (χ0) is 14.3. The predicted molar refractivity (Wildman–Crippen MR) is 73.7 cm³/mol. The number of rotatable bonds is 6. The van der Waals surface area contributed by atoms with Gasteiger partial charge in [0, 0.05) is 7.05 Å². The van der Waals surface area contributed by atoms with E-state index in [2.05, 4.69) is 26.1 Å². The molecule has 0 aliphatic heterocycles. The van der Waals surface area contributed by atoms with Gasteiger partial charge in [-0.2, -0.15) is 0 Å². The van der Waals surface area contributed by atoms with Gasteiger partial charge in [0.05, 0.1) is 11.8 Å². The van der Waals surface area contributed by atoms with Gasteiger partial charge in [0.15, 0.2) is 0 Å². The molecule has 0 aromatic rings. The summed E-state index contributed by atoms with van der Waals surface area (Å²) in [6.45, 7) is 8.04. The second-order valence-electron chi connectivity index (χ2n) is 5.80. The standard InChI is InChI=1S/C14H26N2O2/c1-6-7-8-10(12(15)17)11(13(18)16-5)9-14(2,3)4/h6-7,10-11H,8-9H2,1-5H3,(H2,15,17)(H,16,18)/b7-6+. The summed E-state index contributed by atoms with van der Waals surface area (Å²) in [6, 6.07) is 0. The van der Waals surface area contributed by atoms with Crippen molar-refractivity contribution in [3.63, 3.8) is 0 Å². The van der Waals surface area contributed by atoms with E-state index in [9.17, 15) is 9.59 Å². The summed E-state index contributed by atoms with van der Waals surface area (Å²) in [6.07, 6.45) is 4.90. The quantitative estimate of drug-likeness (QED) is 0.710. The van der Waals surface area contributed by atoms with E-state index >= 15 is 0 Å². The normalized spacial score (nSPS) is 15.4. The molecule has 4 nitrogen and oxygen atoms in total. The number of carbonyl (C=O) groups excluding carboxylic acids is 2. The summed E-state index contributed by atoms with van der Waals surface area (Å²) < 4.78 is 0. The zero-order valence-electron chi connectivity index (χ0n) is 12.1. The second kappa shape index (κ2) is 7.19. The Morgan fingerprint density at radius 2 is 1.83 bits per heavy atom. The molecular formula is C14H26N2O2. The number of hydrogen-bond acceptors (Lipinski definition) is 2. The zero-order valence-corrected chi connectivity index (χ0v) is 12.1. The smallest absolute Gasteiger partial charge is 0.223 e. The van der Waals surface area contributed by atoms with Gasteiger partial charge in [0.25, 0.3) is 0 Å². The largest absolute Gasteiger partial charge is 0.369 e. The highest BCUT2D eigenvalue weighted by molar-refractivity contribution is 5.86. The SMILES string of the molecule is C/C=C/CC(C(N)=O)C(CC(C)(C)C)C(=O)NC. The van der Waals surface area contributed by atoms with E-state index in [0.717, 1.165) is 0 Å². The predicted octanol–water partition coefficient (Wildman–Crippen LogP) is 1.85. The van der Waals surface area contributed by atoms with Crippen LogP contribution in [-0.4, -0.2) is 18.9 Å².